The third-order valence-electron chi connectivity index (χ3n) is 0. The summed E-state index contributed by atoms with van der Waals surface area (Å²) in [5.74, 6) is 0. The Bertz CT molecular complexity index is 13.5. The zero-order valence-electron chi connectivity index (χ0n) is 4.09. The van der Waals surface area contributed by atoms with Crippen molar-refractivity contribution in [2.24, 2.45) is 0 Å². The summed E-state index contributed by atoms with van der Waals surface area (Å²) in [6.07, 6.45) is 0. The molecule has 0 rings (SSSR count). The normalized spacial score (nSPS) is 0. The fourth-order valence-electron chi connectivity index (χ4n) is 0. The van der Waals surface area contributed by atoms with Gasteiger partial charge in [-0.1, -0.05) is 0 Å². The van der Waals surface area contributed by atoms with Crippen LogP contribution < -0.4 is 0 Å². The maximum atomic E-state index is 0. The van der Waals surface area contributed by atoms with E-state index in [1.165, 1.54) is 0 Å². The first-order valence-electron chi connectivity index (χ1n) is 0. The summed E-state index contributed by atoms with van der Waals surface area (Å²) in [5.41, 5.74) is 0. The van der Waals surface area contributed by atoms with Crippen molar-refractivity contribution in [2.75, 3.05) is 0 Å². The topological polar surface area (TPSA) is 0 Å². The van der Waals surface area contributed by atoms with Crippen LogP contribution in [0.2, 0.25) is 0 Å². The summed E-state index contributed by atoms with van der Waals surface area (Å²) in [6, 6.07) is 0. The Balaban J connectivity index is 0. The molecule has 0 aromatic rings. The Hall–Kier alpha value is 2.74. The molecule has 4 heteroatoms. The van der Waals surface area contributed by atoms with Crippen LogP contribution in [0.5, 0.6) is 0 Å². The zero-order chi connectivity index (χ0) is 0. The molecule has 0 unspecified atom stereocenters. The Morgan fingerprint density at radius 3 is 1.25 bits per heavy atom. The van der Waals surface area contributed by atoms with E-state index in [1.807, 2.05) is 0 Å². The van der Waals surface area contributed by atoms with E-state index in [1.54, 1.807) is 0 Å². The molecule has 0 spiro atoms. The van der Waals surface area contributed by atoms with Crippen LogP contribution in [0.3, 0.4) is 0 Å². The number of hydrogen-bond donors (Lipinski definition) is 0. The zero-order valence-corrected chi connectivity index (χ0v) is 9.48. The average Bonchev–Trinajstić information content (AvgIpc) is 0. The summed E-state index contributed by atoms with van der Waals surface area (Å²) >= 11 is 0. The van der Waals surface area contributed by atoms with E-state index >= 15 is 0 Å². The predicted molar refractivity (Wildman–Crippen MR) is 19.5 cm³/mol. The van der Waals surface area contributed by atoms with Crippen LogP contribution in [0.4, 0.5) is 0 Å². The second kappa shape index (κ2) is 17.2. The molecule has 0 aliphatic carbocycles. The van der Waals surface area contributed by atoms with E-state index in [-0.39, 0.29) is 87.6 Å². The standard InChI is InChI=1S/Al.Cu.Mg.Pb.2H/q;;+2;;2*-1. The molecule has 0 saturated carbocycles. The molecule has 0 saturated heterocycles. The Morgan fingerprint density at radius 2 is 1.25 bits per heavy atom. The molecular weight excluding hydrogens is 322 g/mol. The van der Waals surface area contributed by atoms with Crippen molar-refractivity contribution in [1.82, 2.24) is 0 Å². The van der Waals surface area contributed by atoms with E-state index < -0.39 is 0 Å². The van der Waals surface area contributed by atoms with Gasteiger partial charge < -0.3 is 2.85 Å². The molecule has 0 N–H and O–H groups in total. The molecule has 0 nitrogen and oxygen atoms in total. The van der Waals surface area contributed by atoms with Gasteiger partial charge in [-0.05, 0) is 0 Å². The van der Waals surface area contributed by atoms with Crippen molar-refractivity contribution in [3.05, 3.63) is 0 Å². The molecule has 0 amide bonds. The molecule has 4 heavy (non-hydrogen) atoms. The first-order chi connectivity index (χ1) is 0. The molecule has 22 valence electrons. The van der Waals surface area contributed by atoms with E-state index in [0.29, 0.717) is 0 Å². The molecule has 8 radical (unpaired) electrons. The Kier molecular flexibility index (Phi) is 127. The van der Waals surface area contributed by atoms with Gasteiger partial charge in [0.05, 0.1) is 0 Å². The minimum atomic E-state index is 0. The third-order valence-corrected chi connectivity index (χ3v) is 0. The molecule has 0 aliphatic heterocycles. The largest absolute Gasteiger partial charge is 2.00 e. The second-order valence-electron chi connectivity index (χ2n) is 0. The Morgan fingerprint density at radius 1 is 1.25 bits per heavy atom. The van der Waals surface area contributed by atoms with Crippen molar-refractivity contribution in [1.29, 1.82) is 0 Å². The smallest absolute Gasteiger partial charge is 1.00 e. The van der Waals surface area contributed by atoms with Gasteiger partial charge in [-0.3, -0.25) is 0 Å². The summed E-state index contributed by atoms with van der Waals surface area (Å²) < 4.78 is 0. The SMILES string of the molecule is [Al].[Cu].[H-].[H-].[Mg+2].[Pb]. The van der Waals surface area contributed by atoms with Crippen LogP contribution in [-0.4, -0.2) is 67.7 Å². The van der Waals surface area contributed by atoms with E-state index in [0.717, 1.165) is 0 Å². The van der Waals surface area contributed by atoms with Gasteiger partial charge in [0.2, 0.25) is 0 Å². The minimum absolute atomic E-state index is 0. The molecule has 0 bridgehead atoms. The summed E-state index contributed by atoms with van der Waals surface area (Å²) in [5, 5.41) is 0. The third kappa shape index (κ3) is 8.83. The van der Waals surface area contributed by atoms with Crippen molar-refractivity contribution in [2.45, 2.75) is 0 Å². The molecule has 0 atom stereocenters. The average molecular weight is 324 g/mol. The van der Waals surface area contributed by atoms with Gasteiger partial charge in [0.1, 0.15) is 0 Å². The van der Waals surface area contributed by atoms with Crippen LogP contribution in [-0.2, 0) is 17.1 Å². The van der Waals surface area contributed by atoms with E-state index in [4.69, 9.17) is 0 Å². The van der Waals surface area contributed by atoms with E-state index in [9.17, 15) is 0 Å². The number of hydrogen-bond acceptors (Lipinski definition) is 0. The fraction of sp³-hybridized carbons (Fsp3) is 0. The first kappa shape index (κ1) is 29.6. The monoisotopic (exact) mass is 324 g/mol. The van der Waals surface area contributed by atoms with E-state index in [2.05, 4.69) is 0 Å². The number of rotatable bonds is 0. The van der Waals surface area contributed by atoms with Crippen molar-refractivity contribution in [3.63, 3.8) is 0 Å². The first-order valence-corrected chi connectivity index (χ1v) is 0. The van der Waals surface area contributed by atoms with Gasteiger partial charge in [0.15, 0.2) is 0 Å². The molecule has 0 heterocycles. The van der Waals surface area contributed by atoms with Crippen LogP contribution in [0.25, 0.3) is 0 Å². The fourth-order valence-corrected chi connectivity index (χ4v) is 0. The van der Waals surface area contributed by atoms with Crippen molar-refractivity contribution >= 4 is 67.7 Å². The van der Waals surface area contributed by atoms with Gasteiger partial charge in [-0.25, -0.2) is 0 Å². The summed E-state index contributed by atoms with van der Waals surface area (Å²) in [4.78, 5) is 0. The summed E-state index contributed by atoms with van der Waals surface area (Å²) in [6.45, 7) is 0. The van der Waals surface area contributed by atoms with Crippen molar-refractivity contribution < 1.29 is 19.9 Å². The van der Waals surface area contributed by atoms with Crippen LogP contribution in [0.1, 0.15) is 2.85 Å². The molecule has 0 aromatic carbocycles. The predicted octanol–water partition coefficient (Wildman–Crippen LogP) is -0.920. The molecule has 0 fully saturated rings. The van der Waals surface area contributed by atoms with Crippen LogP contribution in [0, 0.1) is 0 Å². The van der Waals surface area contributed by atoms with Gasteiger partial charge in [-0.2, -0.15) is 0 Å². The van der Waals surface area contributed by atoms with Crippen LogP contribution >= 0.6 is 0 Å². The quantitative estimate of drug-likeness (QED) is 0.506. The molecular formula is H2AlCuMgPb. The van der Waals surface area contributed by atoms with Gasteiger partial charge in [0, 0.05) is 61.7 Å². The Labute approximate surface area is 86.4 Å². The van der Waals surface area contributed by atoms with Gasteiger partial charge >= 0.3 is 23.1 Å². The minimum Gasteiger partial charge on any atom is -1.00 e. The van der Waals surface area contributed by atoms with Crippen LogP contribution in [0.15, 0.2) is 0 Å². The summed E-state index contributed by atoms with van der Waals surface area (Å²) in [7, 11) is 0. The maximum absolute atomic E-state index is 0. The van der Waals surface area contributed by atoms with Gasteiger partial charge in [-0.15, -0.1) is 0 Å². The molecule has 0 aliphatic rings. The van der Waals surface area contributed by atoms with Gasteiger partial charge in [0.25, 0.3) is 0 Å². The van der Waals surface area contributed by atoms with Crippen molar-refractivity contribution in [3.8, 4) is 0 Å². The second-order valence-corrected chi connectivity index (χ2v) is 0. The maximum Gasteiger partial charge on any atom is 2.00 e. The molecule has 0 aromatic heterocycles.